The first-order valence-electron chi connectivity index (χ1n) is 6.75. The fraction of sp³-hybridized carbons (Fsp3) is 0.600. The minimum atomic E-state index is -0.253. The summed E-state index contributed by atoms with van der Waals surface area (Å²) in [5.74, 6) is 0.473. The molecule has 1 rings (SSSR count). The Morgan fingerprint density at radius 1 is 1.42 bits per heavy atom. The first kappa shape index (κ1) is 15.9. The maximum atomic E-state index is 13.1. The van der Waals surface area contributed by atoms with Gasteiger partial charge in [0.1, 0.15) is 11.6 Å². The molecule has 0 fully saturated rings. The molecule has 0 saturated carbocycles. The first-order valence-corrected chi connectivity index (χ1v) is 6.75. The molecule has 0 aliphatic carbocycles. The predicted octanol–water partition coefficient (Wildman–Crippen LogP) is 2.65. The molecule has 1 aromatic rings. The van der Waals surface area contributed by atoms with Crippen LogP contribution in [0.2, 0.25) is 0 Å². The third-order valence-corrected chi connectivity index (χ3v) is 3.22. The lowest BCUT2D eigenvalue weighted by molar-refractivity contribution is 0.158. The van der Waals surface area contributed by atoms with Crippen LogP contribution in [0.15, 0.2) is 18.2 Å². The van der Waals surface area contributed by atoms with Crippen molar-refractivity contribution < 1.29 is 14.2 Å². The van der Waals surface area contributed by atoms with Gasteiger partial charge >= 0.3 is 0 Å². The van der Waals surface area contributed by atoms with Crippen LogP contribution in [0, 0.1) is 12.7 Å². The normalized spacial score (nSPS) is 14.2. The minimum Gasteiger partial charge on any atom is -0.494 e. The molecule has 0 amide bonds. The molecule has 4 heteroatoms. The molecule has 3 nitrogen and oxygen atoms in total. The van der Waals surface area contributed by atoms with Crippen molar-refractivity contribution in [2.24, 2.45) is 0 Å². The lowest BCUT2D eigenvalue weighted by atomic mass is 9.97. The molecule has 0 bridgehead atoms. The second kappa shape index (κ2) is 7.46. The van der Waals surface area contributed by atoms with Gasteiger partial charge in [0.2, 0.25) is 0 Å². The average Bonchev–Trinajstić information content (AvgIpc) is 2.39. The summed E-state index contributed by atoms with van der Waals surface area (Å²) in [6.45, 7) is 7.23. The number of halogens is 1. The van der Waals surface area contributed by atoms with Gasteiger partial charge in [-0.1, -0.05) is 6.92 Å². The summed E-state index contributed by atoms with van der Waals surface area (Å²) in [4.78, 5) is 0. The van der Waals surface area contributed by atoms with Crippen molar-refractivity contribution in [1.82, 2.24) is 5.32 Å². The SMILES string of the molecule is CCNC(C)(CO)CCCOc1ccc(F)c(C)c1. The number of aryl methyl sites for hydroxylation is 1. The molecular weight excluding hydrogens is 245 g/mol. The molecule has 0 radical (unpaired) electrons. The lowest BCUT2D eigenvalue weighted by Gasteiger charge is -2.28. The van der Waals surface area contributed by atoms with E-state index in [0.717, 1.165) is 19.4 Å². The molecule has 0 heterocycles. The van der Waals surface area contributed by atoms with E-state index in [2.05, 4.69) is 5.32 Å². The van der Waals surface area contributed by atoms with E-state index in [0.29, 0.717) is 17.9 Å². The zero-order valence-corrected chi connectivity index (χ0v) is 12.0. The zero-order chi connectivity index (χ0) is 14.3. The van der Waals surface area contributed by atoms with E-state index in [1.807, 2.05) is 13.8 Å². The minimum absolute atomic E-state index is 0.108. The molecule has 0 aromatic heterocycles. The molecule has 1 aromatic carbocycles. The number of likely N-dealkylation sites (N-methyl/N-ethyl adjacent to an activating group) is 1. The molecular formula is C15H24FNO2. The van der Waals surface area contributed by atoms with Crippen molar-refractivity contribution in [2.75, 3.05) is 19.8 Å². The standard InChI is InChI=1S/C15H24FNO2/c1-4-17-15(3,11-18)8-5-9-19-13-6-7-14(16)12(2)10-13/h6-7,10,17-18H,4-5,8-9,11H2,1-3H3. The Morgan fingerprint density at radius 2 is 2.16 bits per heavy atom. The van der Waals surface area contributed by atoms with Crippen molar-refractivity contribution in [2.45, 2.75) is 39.2 Å². The summed E-state index contributed by atoms with van der Waals surface area (Å²) in [5, 5.41) is 12.6. The smallest absolute Gasteiger partial charge is 0.126 e. The van der Waals surface area contributed by atoms with Gasteiger partial charge in [0.25, 0.3) is 0 Å². The topological polar surface area (TPSA) is 41.5 Å². The summed E-state index contributed by atoms with van der Waals surface area (Å²) >= 11 is 0. The molecule has 0 aliphatic rings. The van der Waals surface area contributed by atoms with E-state index in [4.69, 9.17) is 4.74 Å². The largest absolute Gasteiger partial charge is 0.494 e. The van der Waals surface area contributed by atoms with Crippen molar-refractivity contribution in [3.63, 3.8) is 0 Å². The maximum Gasteiger partial charge on any atom is 0.126 e. The number of hydrogen-bond acceptors (Lipinski definition) is 3. The fourth-order valence-electron chi connectivity index (χ4n) is 2.01. The highest BCUT2D eigenvalue weighted by atomic mass is 19.1. The molecule has 1 atom stereocenters. The quantitative estimate of drug-likeness (QED) is 0.713. The Labute approximate surface area is 114 Å². The number of benzene rings is 1. The van der Waals surface area contributed by atoms with Crippen LogP contribution < -0.4 is 10.1 Å². The Balaban J connectivity index is 2.36. The van der Waals surface area contributed by atoms with Crippen molar-refractivity contribution in [3.05, 3.63) is 29.6 Å². The first-order chi connectivity index (χ1) is 9.00. The molecule has 108 valence electrons. The third-order valence-electron chi connectivity index (χ3n) is 3.22. The van der Waals surface area contributed by atoms with Crippen LogP contribution in [-0.4, -0.2) is 30.4 Å². The Bertz CT molecular complexity index is 398. The summed E-state index contributed by atoms with van der Waals surface area (Å²) in [7, 11) is 0. The highest BCUT2D eigenvalue weighted by Crippen LogP contribution is 2.17. The van der Waals surface area contributed by atoms with Gasteiger partial charge in [0.05, 0.1) is 13.2 Å². The highest BCUT2D eigenvalue weighted by Gasteiger charge is 2.20. The van der Waals surface area contributed by atoms with E-state index in [-0.39, 0.29) is 18.0 Å². The molecule has 0 saturated heterocycles. The van der Waals surface area contributed by atoms with Gasteiger partial charge in [0, 0.05) is 5.54 Å². The van der Waals surface area contributed by atoms with Gasteiger partial charge in [-0.3, -0.25) is 0 Å². The van der Waals surface area contributed by atoms with Crippen molar-refractivity contribution in [1.29, 1.82) is 0 Å². The number of aliphatic hydroxyl groups excluding tert-OH is 1. The van der Waals surface area contributed by atoms with Crippen molar-refractivity contribution in [3.8, 4) is 5.75 Å². The van der Waals surface area contributed by atoms with E-state index in [1.54, 1.807) is 19.1 Å². The second-order valence-electron chi connectivity index (χ2n) is 5.11. The summed E-state index contributed by atoms with van der Waals surface area (Å²) in [6, 6.07) is 4.75. The second-order valence-corrected chi connectivity index (χ2v) is 5.11. The number of ether oxygens (including phenoxy) is 1. The number of nitrogens with one attached hydrogen (secondary N) is 1. The van der Waals surface area contributed by atoms with Crippen LogP contribution in [0.5, 0.6) is 5.75 Å². The molecule has 1 unspecified atom stereocenters. The summed E-state index contributed by atoms with van der Waals surface area (Å²) in [5.41, 5.74) is 0.335. The van der Waals surface area contributed by atoms with Crippen LogP contribution in [0.4, 0.5) is 4.39 Å². The van der Waals surface area contributed by atoms with Gasteiger partial charge in [-0.15, -0.1) is 0 Å². The van der Waals surface area contributed by atoms with Gasteiger partial charge in [-0.25, -0.2) is 4.39 Å². The Kier molecular flexibility index (Phi) is 6.25. The Morgan fingerprint density at radius 3 is 2.74 bits per heavy atom. The summed E-state index contributed by atoms with van der Waals surface area (Å²) in [6.07, 6.45) is 1.66. The van der Waals surface area contributed by atoms with Gasteiger partial charge in [-0.05, 0) is 57.0 Å². The molecule has 2 N–H and O–H groups in total. The van der Waals surface area contributed by atoms with E-state index in [9.17, 15) is 9.50 Å². The van der Waals surface area contributed by atoms with Crippen LogP contribution in [0.25, 0.3) is 0 Å². The number of rotatable bonds is 8. The average molecular weight is 269 g/mol. The zero-order valence-electron chi connectivity index (χ0n) is 12.0. The number of aliphatic hydroxyl groups is 1. The number of hydrogen-bond donors (Lipinski definition) is 2. The molecule has 0 spiro atoms. The summed E-state index contributed by atoms with van der Waals surface area (Å²) < 4.78 is 18.7. The molecule has 19 heavy (non-hydrogen) atoms. The van der Waals surface area contributed by atoms with Gasteiger partial charge in [-0.2, -0.15) is 0 Å². The lowest BCUT2D eigenvalue weighted by Crippen LogP contribution is -2.45. The highest BCUT2D eigenvalue weighted by molar-refractivity contribution is 5.28. The van der Waals surface area contributed by atoms with Crippen LogP contribution in [0.3, 0.4) is 0 Å². The van der Waals surface area contributed by atoms with Crippen LogP contribution in [0.1, 0.15) is 32.3 Å². The molecule has 0 aliphatic heterocycles. The van der Waals surface area contributed by atoms with Gasteiger partial charge in [0.15, 0.2) is 0 Å². The maximum absolute atomic E-state index is 13.1. The Hall–Kier alpha value is -1.13. The van der Waals surface area contributed by atoms with E-state index >= 15 is 0 Å². The van der Waals surface area contributed by atoms with E-state index < -0.39 is 0 Å². The van der Waals surface area contributed by atoms with E-state index in [1.165, 1.54) is 6.07 Å². The van der Waals surface area contributed by atoms with Crippen molar-refractivity contribution >= 4 is 0 Å². The third kappa shape index (κ3) is 5.17. The van der Waals surface area contributed by atoms with Gasteiger partial charge < -0.3 is 15.2 Å². The van der Waals surface area contributed by atoms with Crippen LogP contribution in [-0.2, 0) is 0 Å². The monoisotopic (exact) mass is 269 g/mol. The fourth-order valence-corrected chi connectivity index (χ4v) is 2.01. The predicted molar refractivity (Wildman–Crippen MR) is 75.0 cm³/mol. The van der Waals surface area contributed by atoms with Crippen LogP contribution >= 0.6 is 0 Å².